The predicted molar refractivity (Wildman–Crippen MR) is 155 cm³/mol. The zero-order valence-electron chi connectivity index (χ0n) is 22.4. The van der Waals surface area contributed by atoms with Crippen molar-refractivity contribution >= 4 is 45.0 Å². The number of nitrogens with one attached hydrogen (secondary N) is 1. The molecule has 0 saturated carbocycles. The molecule has 0 aliphatic heterocycles. The van der Waals surface area contributed by atoms with Crippen LogP contribution in [0.15, 0.2) is 83.8 Å². The van der Waals surface area contributed by atoms with Gasteiger partial charge in [0.2, 0.25) is 21.8 Å². The van der Waals surface area contributed by atoms with Crippen molar-refractivity contribution in [1.29, 1.82) is 0 Å². The topological polar surface area (TPSA) is 86.8 Å². The van der Waals surface area contributed by atoms with E-state index in [0.717, 1.165) is 15.4 Å². The van der Waals surface area contributed by atoms with E-state index in [2.05, 4.69) is 5.32 Å². The highest BCUT2D eigenvalue weighted by molar-refractivity contribution is 7.89. The molecule has 0 spiro atoms. The molecule has 2 amide bonds. The second kappa shape index (κ2) is 13.0. The average molecular weight is 591 g/mol. The van der Waals surface area contributed by atoms with Crippen molar-refractivity contribution in [2.45, 2.75) is 50.2 Å². The number of halogens is 2. The number of nitrogens with zero attached hydrogens (tertiary/aromatic N) is 2. The van der Waals surface area contributed by atoms with Gasteiger partial charge in [0.25, 0.3) is 0 Å². The van der Waals surface area contributed by atoms with Crippen LogP contribution in [0.1, 0.15) is 31.9 Å². The number of hydrogen-bond donors (Lipinski definition) is 1. The highest BCUT2D eigenvalue weighted by Gasteiger charge is 2.34. The molecule has 3 aromatic rings. The Balaban J connectivity index is 1.98. The van der Waals surface area contributed by atoms with Crippen LogP contribution in [0, 0.1) is 0 Å². The van der Waals surface area contributed by atoms with Crippen molar-refractivity contribution in [1.82, 2.24) is 14.5 Å². The molecule has 0 aliphatic carbocycles. The first-order valence-electron chi connectivity index (χ1n) is 12.4. The Bertz CT molecular complexity index is 1370. The molecule has 0 radical (unpaired) electrons. The summed E-state index contributed by atoms with van der Waals surface area (Å²) in [5, 5.41) is 3.92. The molecule has 0 bridgehead atoms. The largest absolute Gasteiger partial charge is 0.350 e. The minimum atomic E-state index is -3.99. The van der Waals surface area contributed by atoms with Gasteiger partial charge in [-0.15, -0.1) is 0 Å². The summed E-state index contributed by atoms with van der Waals surface area (Å²) >= 11 is 12.0. The number of benzene rings is 3. The van der Waals surface area contributed by atoms with Gasteiger partial charge in [0, 0.05) is 35.6 Å². The summed E-state index contributed by atoms with van der Waals surface area (Å²) in [7, 11) is -2.65. The van der Waals surface area contributed by atoms with Crippen molar-refractivity contribution in [2.24, 2.45) is 0 Å². The van der Waals surface area contributed by atoms with Gasteiger partial charge >= 0.3 is 0 Å². The Morgan fingerprint density at radius 1 is 0.846 bits per heavy atom. The summed E-state index contributed by atoms with van der Waals surface area (Å²) in [6.07, 6.45) is 0.246. The van der Waals surface area contributed by atoms with Gasteiger partial charge in [-0.25, -0.2) is 8.42 Å². The van der Waals surface area contributed by atoms with E-state index in [1.807, 2.05) is 51.1 Å². The van der Waals surface area contributed by atoms with Crippen LogP contribution in [0.3, 0.4) is 0 Å². The first kappa shape index (κ1) is 30.6. The van der Waals surface area contributed by atoms with Crippen LogP contribution < -0.4 is 5.32 Å². The van der Waals surface area contributed by atoms with Gasteiger partial charge in [0.05, 0.1) is 11.4 Å². The van der Waals surface area contributed by atoms with Crippen molar-refractivity contribution in [2.75, 3.05) is 13.6 Å². The third-order valence-electron chi connectivity index (χ3n) is 5.92. The number of amides is 2. The lowest BCUT2D eigenvalue weighted by Crippen LogP contribution is -2.56. The van der Waals surface area contributed by atoms with Crippen LogP contribution in [-0.2, 0) is 32.6 Å². The Morgan fingerprint density at radius 3 is 1.92 bits per heavy atom. The van der Waals surface area contributed by atoms with Crippen LogP contribution >= 0.6 is 23.2 Å². The summed E-state index contributed by atoms with van der Waals surface area (Å²) in [6.45, 7) is 5.21. The number of sulfonamides is 1. The van der Waals surface area contributed by atoms with Crippen LogP contribution in [0.2, 0.25) is 10.0 Å². The maximum Gasteiger partial charge on any atom is 0.243 e. The lowest BCUT2D eigenvalue weighted by atomic mass is 10.0. The fourth-order valence-corrected chi connectivity index (χ4v) is 5.32. The normalized spacial score (nSPS) is 12.7. The molecular weight excluding hydrogens is 557 g/mol. The summed E-state index contributed by atoms with van der Waals surface area (Å²) in [6, 6.07) is 21.2. The van der Waals surface area contributed by atoms with Crippen molar-refractivity contribution in [3.05, 3.63) is 100 Å². The van der Waals surface area contributed by atoms with Gasteiger partial charge in [0.15, 0.2) is 0 Å². The molecule has 0 heterocycles. The third-order valence-corrected chi connectivity index (χ3v) is 8.24. The summed E-state index contributed by atoms with van der Waals surface area (Å²) in [5.41, 5.74) is 1.07. The van der Waals surface area contributed by atoms with Gasteiger partial charge in [-0.1, -0.05) is 65.7 Å². The highest BCUT2D eigenvalue weighted by atomic mass is 35.5. The average Bonchev–Trinajstić information content (AvgIpc) is 2.87. The van der Waals surface area contributed by atoms with Gasteiger partial charge in [0.1, 0.15) is 6.04 Å². The molecule has 208 valence electrons. The Kier molecular flexibility index (Phi) is 10.2. The second-order valence-electron chi connectivity index (χ2n) is 10.3. The molecule has 39 heavy (non-hydrogen) atoms. The molecule has 7 nitrogen and oxygen atoms in total. The maximum absolute atomic E-state index is 13.9. The Labute approximate surface area is 240 Å². The fourth-order valence-electron chi connectivity index (χ4n) is 3.95. The summed E-state index contributed by atoms with van der Waals surface area (Å²) in [4.78, 5) is 28.9. The van der Waals surface area contributed by atoms with Gasteiger partial charge in [-0.05, 0) is 68.3 Å². The van der Waals surface area contributed by atoms with Crippen molar-refractivity contribution in [3.8, 4) is 0 Å². The zero-order chi connectivity index (χ0) is 28.8. The first-order valence-corrected chi connectivity index (χ1v) is 14.6. The standard InChI is InChI=1S/C29H33Cl2N3O4S/c1-29(2,3)32-28(36)26(18-21-8-6-5-7-9-21)34(19-22-10-12-23(30)13-11-22)27(35)20-33(4)39(37,38)25-16-14-24(31)15-17-25/h5-17,26H,18-20H2,1-4H3,(H,32,36). The molecule has 3 rings (SSSR count). The molecule has 0 aromatic heterocycles. The van der Waals surface area contributed by atoms with E-state index in [1.54, 1.807) is 24.3 Å². The van der Waals surface area contributed by atoms with Crippen molar-refractivity contribution < 1.29 is 18.0 Å². The molecule has 10 heteroatoms. The fraction of sp³-hybridized carbons (Fsp3) is 0.310. The van der Waals surface area contributed by atoms with E-state index in [4.69, 9.17) is 23.2 Å². The van der Waals surface area contributed by atoms with Gasteiger partial charge < -0.3 is 10.2 Å². The van der Waals surface area contributed by atoms with Crippen LogP contribution in [0.5, 0.6) is 0 Å². The predicted octanol–water partition coefficient (Wildman–Crippen LogP) is 5.17. The minimum absolute atomic E-state index is 0.0118. The van der Waals surface area contributed by atoms with E-state index >= 15 is 0 Å². The van der Waals surface area contributed by atoms with Gasteiger partial charge in [-0.3, -0.25) is 9.59 Å². The first-order chi connectivity index (χ1) is 18.3. The van der Waals surface area contributed by atoms with E-state index in [-0.39, 0.29) is 23.8 Å². The monoisotopic (exact) mass is 589 g/mol. The van der Waals surface area contributed by atoms with Crippen molar-refractivity contribution in [3.63, 3.8) is 0 Å². The van der Waals surface area contributed by atoms with Crippen LogP contribution in [0.4, 0.5) is 0 Å². The van der Waals surface area contributed by atoms with Crippen LogP contribution in [0.25, 0.3) is 0 Å². The Morgan fingerprint density at radius 2 is 1.38 bits per heavy atom. The number of hydrogen-bond acceptors (Lipinski definition) is 4. The Hall–Kier alpha value is -2.91. The molecule has 0 aliphatic rings. The number of rotatable bonds is 10. The molecule has 1 atom stereocenters. The molecule has 3 aromatic carbocycles. The van der Waals surface area contributed by atoms with E-state index in [1.165, 1.54) is 36.2 Å². The second-order valence-corrected chi connectivity index (χ2v) is 13.2. The SMILES string of the molecule is CN(CC(=O)N(Cc1ccc(Cl)cc1)C(Cc1ccccc1)C(=O)NC(C)(C)C)S(=O)(=O)c1ccc(Cl)cc1. The summed E-state index contributed by atoms with van der Waals surface area (Å²) < 4.78 is 27.4. The van der Waals surface area contributed by atoms with E-state index in [0.29, 0.717) is 10.0 Å². The van der Waals surface area contributed by atoms with Crippen LogP contribution in [-0.4, -0.2) is 54.6 Å². The van der Waals surface area contributed by atoms with Gasteiger partial charge in [-0.2, -0.15) is 4.31 Å². The zero-order valence-corrected chi connectivity index (χ0v) is 24.7. The summed E-state index contributed by atoms with van der Waals surface area (Å²) in [5.74, 6) is -0.855. The third kappa shape index (κ3) is 8.80. The number of carbonyl (C=O) groups is 2. The highest BCUT2D eigenvalue weighted by Crippen LogP contribution is 2.21. The lowest BCUT2D eigenvalue weighted by molar-refractivity contribution is -0.141. The molecule has 1 N–H and O–H groups in total. The molecule has 0 saturated heterocycles. The molecule has 0 fully saturated rings. The molecule has 1 unspecified atom stereocenters. The number of likely N-dealkylation sites (N-methyl/N-ethyl adjacent to an activating group) is 1. The van der Waals surface area contributed by atoms with E-state index < -0.39 is 34.1 Å². The molecular formula is C29H33Cl2N3O4S. The lowest BCUT2D eigenvalue weighted by Gasteiger charge is -2.34. The smallest absolute Gasteiger partial charge is 0.243 e. The maximum atomic E-state index is 13.9. The quantitative estimate of drug-likeness (QED) is 0.353. The minimum Gasteiger partial charge on any atom is -0.350 e. The van der Waals surface area contributed by atoms with E-state index in [9.17, 15) is 18.0 Å². The number of carbonyl (C=O) groups excluding carboxylic acids is 2.